The summed E-state index contributed by atoms with van der Waals surface area (Å²) in [6, 6.07) is 8.19. The summed E-state index contributed by atoms with van der Waals surface area (Å²) in [6.07, 6.45) is 3.75. The summed E-state index contributed by atoms with van der Waals surface area (Å²) in [6.45, 7) is 5.02. The molecule has 0 unspecified atom stereocenters. The zero-order valence-corrected chi connectivity index (χ0v) is 15.1. The van der Waals surface area contributed by atoms with Gasteiger partial charge in [0.2, 0.25) is 0 Å². The molecule has 1 atom stereocenters. The summed E-state index contributed by atoms with van der Waals surface area (Å²) < 4.78 is 5.32. The molecule has 3 rings (SSSR count). The molecule has 0 aliphatic carbocycles. The van der Waals surface area contributed by atoms with Gasteiger partial charge in [-0.2, -0.15) is 5.10 Å². The third-order valence-electron chi connectivity index (χ3n) is 5.03. The number of hydrogen-bond donors (Lipinski definition) is 2. The largest absolute Gasteiger partial charge is 0.497 e. The second-order valence-electron chi connectivity index (χ2n) is 6.96. The van der Waals surface area contributed by atoms with Crippen LogP contribution < -0.4 is 10.1 Å². The van der Waals surface area contributed by atoms with Crippen LogP contribution in [0.2, 0.25) is 0 Å². The number of hydrogen-bond acceptors (Lipinski definition) is 4. The highest BCUT2D eigenvalue weighted by atomic mass is 16.5. The minimum Gasteiger partial charge on any atom is -0.497 e. The lowest BCUT2D eigenvalue weighted by Crippen LogP contribution is -2.45. The van der Waals surface area contributed by atoms with Crippen molar-refractivity contribution in [3.05, 3.63) is 47.3 Å². The van der Waals surface area contributed by atoms with Gasteiger partial charge in [0.1, 0.15) is 5.75 Å². The molecular formula is C19H26N4O2. The molecule has 134 valence electrons. The molecule has 1 aromatic carbocycles. The number of H-pyrrole nitrogens is 1. The molecule has 1 aromatic heterocycles. The predicted molar refractivity (Wildman–Crippen MR) is 96.8 cm³/mol. The Bertz CT molecular complexity index is 743. The molecule has 1 aliphatic heterocycles. The second kappa shape index (κ2) is 7.27. The quantitative estimate of drug-likeness (QED) is 0.875. The van der Waals surface area contributed by atoms with Gasteiger partial charge in [0.25, 0.3) is 5.91 Å². The van der Waals surface area contributed by atoms with Crippen LogP contribution in [-0.2, 0) is 12.0 Å². The van der Waals surface area contributed by atoms with E-state index < -0.39 is 0 Å². The monoisotopic (exact) mass is 342 g/mol. The Kier molecular flexibility index (Phi) is 5.08. The molecule has 0 saturated carbocycles. The van der Waals surface area contributed by atoms with Gasteiger partial charge in [-0.1, -0.05) is 19.1 Å². The Morgan fingerprint density at radius 3 is 3.08 bits per heavy atom. The zero-order valence-electron chi connectivity index (χ0n) is 15.1. The molecule has 1 aliphatic rings. The van der Waals surface area contributed by atoms with E-state index in [0.717, 1.165) is 43.9 Å². The molecule has 6 nitrogen and oxygen atoms in total. The van der Waals surface area contributed by atoms with Crippen LogP contribution >= 0.6 is 0 Å². The third-order valence-corrected chi connectivity index (χ3v) is 5.03. The first-order chi connectivity index (χ1) is 12.1. The average Bonchev–Trinajstić information content (AvgIpc) is 3.12. The molecule has 2 N–H and O–H groups in total. The first-order valence-electron chi connectivity index (χ1n) is 8.67. The lowest BCUT2D eigenvalue weighted by Gasteiger charge is -2.40. The standard InChI is InChI=1S/C19H26N4O2/c1-19(17-16(11-21-22-17)18(24)20-2)8-5-9-23(13-19)12-14-6-4-7-15(10-14)25-3/h4,6-7,10-11H,5,8-9,12-13H2,1-3H3,(H,20,24)(H,21,22)/t19-/m0/s1. The van der Waals surface area contributed by atoms with E-state index in [-0.39, 0.29) is 11.3 Å². The fraction of sp³-hybridized carbons (Fsp3) is 0.474. The molecule has 25 heavy (non-hydrogen) atoms. The number of carbonyl (C=O) groups excluding carboxylic acids is 1. The number of aromatic nitrogens is 2. The van der Waals surface area contributed by atoms with Crippen LogP contribution in [0.15, 0.2) is 30.5 Å². The number of likely N-dealkylation sites (tertiary alicyclic amines) is 1. The number of aromatic amines is 1. The first kappa shape index (κ1) is 17.5. The SMILES string of the molecule is CNC(=O)c1cn[nH]c1[C@@]1(C)CCCN(Cc2cccc(OC)c2)C1. The molecule has 0 spiro atoms. The molecule has 2 aromatic rings. The van der Waals surface area contributed by atoms with E-state index in [1.54, 1.807) is 20.4 Å². The minimum atomic E-state index is -0.116. The van der Waals surface area contributed by atoms with Crippen molar-refractivity contribution in [1.82, 2.24) is 20.4 Å². The van der Waals surface area contributed by atoms with E-state index in [0.29, 0.717) is 5.56 Å². The fourth-order valence-electron chi connectivity index (χ4n) is 3.77. The Balaban J connectivity index is 1.78. The van der Waals surface area contributed by atoms with Crippen molar-refractivity contribution in [1.29, 1.82) is 0 Å². The van der Waals surface area contributed by atoms with Crippen molar-refractivity contribution < 1.29 is 9.53 Å². The maximum absolute atomic E-state index is 12.1. The van der Waals surface area contributed by atoms with Crippen LogP contribution in [0.5, 0.6) is 5.75 Å². The second-order valence-corrected chi connectivity index (χ2v) is 6.96. The normalized spacial score (nSPS) is 21.1. The molecule has 1 saturated heterocycles. The number of methoxy groups -OCH3 is 1. The molecule has 1 amide bonds. The highest BCUT2D eigenvalue weighted by Crippen LogP contribution is 2.35. The van der Waals surface area contributed by atoms with Crippen LogP contribution in [0.3, 0.4) is 0 Å². The van der Waals surface area contributed by atoms with Crippen LogP contribution in [0.4, 0.5) is 0 Å². The van der Waals surface area contributed by atoms with Gasteiger partial charge >= 0.3 is 0 Å². The molecular weight excluding hydrogens is 316 g/mol. The highest BCUT2D eigenvalue weighted by Gasteiger charge is 2.36. The van der Waals surface area contributed by atoms with Crippen molar-refractivity contribution in [3.63, 3.8) is 0 Å². The van der Waals surface area contributed by atoms with E-state index in [1.807, 2.05) is 12.1 Å². The van der Waals surface area contributed by atoms with Crippen molar-refractivity contribution >= 4 is 5.91 Å². The fourth-order valence-corrected chi connectivity index (χ4v) is 3.77. The number of nitrogens with zero attached hydrogens (tertiary/aromatic N) is 2. The van der Waals surface area contributed by atoms with Crippen molar-refractivity contribution in [2.24, 2.45) is 0 Å². The van der Waals surface area contributed by atoms with E-state index in [2.05, 4.69) is 39.5 Å². The summed E-state index contributed by atoms with van der Waals surface area (Å²) in [4.78, 5) is 14.6. The number of amides is 1. The molecule has 2 heterocycles. The van der Waals surface area contributed by atoms with Gasteiger partial charge in [-0.05, 0) is 37.1 Å². The lowest BCUT2D eigenvalue weighted by molar-refractivity contribution is 0.0955. The topological polar surface area (TPSA) is 70.2 Å². The van der Waals surface area contributed by atoms with Crippen LogP contribution in [0.1, 0.15) is 41.4 Å². The van der Waals surface area contributed by atoms with E-state index in [4.69, 9.17) is 4.74 Å². The zero-order chi connectivity index (χ0) is 17.9. The minimum absolute atomic E-state index is 0.0881. The first-order valence-corrected chi connectivity index (χ1v) is 8.67. The van der Waals surface area contributed by atoms with Crippen molar-refractivity contribution in [2.45, 2.75) is 31.7 Å². The molecule has 0 radical (unpaired) electrons. The number of benzene rings is 1. The van der Waals surface area contributed by atoms with Crippen LogP contribution in [-0.4, -0.2) is 48.3 Å². The lowest BCUT2D eigenvalue weighted by atomic mass is 9.77. The Morgan fingerprint density at radius 2 is 2.32 bits per heavy atom. The van der Waals surface area contributed by atoms with E-state index >= 15 is 0 Å². The van der Waals surface area contributed by atoms with Crippen LogP contribution in [0.25, 0.3) is 0 Å². The summed E-state index contributed by atoms with van der Waals surface area (Å²) in [7, 11) is 3.34. The van der Waals surface area contributed by atoms with E-state index in [9.17, 15) is 4.79 Å². The number of nitrogens with one attached hydrogen (secondary N) is 2. The van der Waals surface area contributed by atoms with E-state index in [1.165, 1.54) is 5.56 Å². The summed E-state index contributed by atoms with van der Waals surface area (Å²) in [5.41, 5.74) is 2.70. The van der Waals surface area contributed by atoms with Gasteiger partial charge in [0, 0.05) is 25.6 Å². The van der Waals surface area contributed by atoms with Gasteiger partial charge in [-0.15, -0.1) is 0 Å². The number of carbonyl (C=O) groups is 1. The van der Waals surface area contributed by atoms with Gasteiger partial charge in [0.05, 0.1) is 24.6 Å². The van der Waals surface area contributed by atoms with Gasteiger partial charge in [0.15, 0.2) is 0 Å². The Hall–Kier alpha value is -2.34. The Labute approximate surface area is 148 Å². The number of rotatable bonds is 5. The Morgan fingerprint density at radius 1 is 1.48 bits per heavy atom. The predicted octanol–water partition coefficient (Wildman–Crippen LogP) is 2.33. The number of piperidine rings is 1. The summed E-state index contributed by atoms with van der Waals surface area (Å²) in [5, 5.41) is 9.90. The molecule has 1 fully saturated rings. The van der Waals surface area contributed by atoms with Gasteiger partial charge < -0.3 is 10.1 Å². The third kappa shape index (κ3) is 3.69. The molecule has 0 bridgehead atoms. The van der Waals surface area contributed by atoms with Crippen molar-refractivity contribution in [2.75, 3.05) is 27.2 Å². The average molecular weight is 342 g/mol. The summed E-state index contributed by atoms with van der Waals surface area (Å²) >= 11 is 0. The smallest absolute Gasteiger partial charge is 0.254 e. The maximum Gasteiger partial charge on any atom is 0.254 e. The highest BCUT2D eigenvalue weighted by molar-refractivity contribution is 5.95. The van der Waals surface area contributed by atoms with Gasteiger partial charge in [-0.3, -0.25) is 14.8 Å². The van der Waals surface area contributed by atoms with Gasteiger partial charge in [-0.25, -0.2) is 0 Å². The maximum atomic E-state index is 12.1. The summed E-state index contributed by atoms with van der Waals surface area (Å²) in [5.74, 6) is 0.794. The van der Waals surface area contributed by atoms with Crippen molar-refractivity contribution in [3.8, 4) is 5.75 Å². The molecule has 6 heteroatoms. The van der Waals surface area contributed by atoms with Crippen LogP contribution in [0, 0.1) is 0 Å². The number of ether oxygens (including phenoxy) is 1.